The Bertz CT molecular complexity index is 1770. The summed E-state index contributed by atoms with van der Waals surface area (Å²) in [6.45, 7) is 11.6. The van der Waals surface area contributed by atoms with Crippen molar-refractivity contribution in [2.75, 3.05) is 46.2 Å². The van der Waals surface area contributed by atoms with Crippen LogP contribution in [-0.2, 0) is 14.2 Å². The molecule has 0 amide bonds. The number of hydrogen-bond donors (Lipinski definition) is 0. The van der Waals surface area contributed by atoms with Crippen LogP contribution in [-0.4, -0.2) is 52.4 Å². The number of benzene rings is 5. The fraction of sp³-hybridized carbons (Fsp3) is 0.368. The van der Waals surface area contributed by atoms with Crippen molar-refractivity contribution in [2.45, 2.75) is 26.9 Å². The number of hydrogen-bond acceptors (Lipinski definition) is 5. The molecule has 0 spiro atoms. The third-order valence-corrected chi connectivity index (χ3v) is 9.73. The van der Waals surface area contributed by atoms with Crippen LogP contribution in [0.25, 0.3) is 43.4 Å². The van der Waals surface area contributed by atoms with Crippen molar-refractivity contribution < 1.29 is 23.7 Å². The number of ether oxygens (including phenoxy) is 5. The summed E-state index contributed by atoms with van der Waals surface area (Å²) in [6.07, 6.45) is -0.0577. The zero-order valence-electron chi connectivity index (χ0n) is 25.2. The van der Waals surface area contributed by atoms with E-state index in [0.717, 1.165) is 62.6 Å². The van der Waals surface area contributed by atoms with Gasteiger partial charge in [0.1, 0.15) is 17.6 Å². The first kappa shape index (κ1) is 26.9. The largest absolute Gasteiger partial charge is 0.492 e. The minimum Gasteiger partial charge on any atom is -0.492 e. The summed E-state index contributed by atoms with van der Waals surface area (Å²) < 4.78 is 31.1. The molecule has 5 nitrogen and oxygen atoms in total. The van der Waals surface area contributed by atoms with Crippen LogP contribution in [0, 0.1) is 16.2 Å². The molecule has 0 aliphatic carbocycles. The molecule has 220 valence electrons. The van der Waals surface area contributed by atoms with Gasteiger partial charge in [0.2, 0.25) is 0 Å². The summed E-state index contributed by atoms with van der Waals surface area (Å²) in [5.41, 5.74) is 2.13. The van der Waals surface area contributed by atoms with Crippen LogP contribution in [0.3, 0.4) is 0 Å². The summed E-state index contributed by atoms with van der Waals surface area (Å²) in [6, 6.07) is 30.3. The van der Waals surface area contributed by atoms with Crippen LogP contribution < -0.4 is 9.47 Å². The van der Waals surface area contributed by atoms with Gasteiger partial charge in [-0.2, -0.15) is 0 Å². The summed E-state index contributed by atoms with van der Waals surface area (Å²) in [5.74, 6) is 1.86. The van der Waals surface area contributed by atoms with Crippen molar-refractivity contribution in [3.63, 3.8) is 0 Å². The molecule has 0 saturated carbocycles. The molecule has 0 atom stereocenters. The lowest BCUT2D eigenvalue weighted by Gasteiger charge is -2.54. The third kappa shape index (κ3) is 4.32. The first-order valence-electron chi connectivity index (χ1n) is 15.4. The normalized spacial score (nSPS) is 20.0. The molecule has 8 rings (SSSR count). The van der Waals surface area contributed by atoms with Gasteiger partial charge in [0.05, 0.1) is 57.1 Å². The quantitative estimate of drug-likeness (QED) is 0.176. The van der Waals surface area contributed by atoms with E-state index < -0.39 is 0 Å². The molecule has 5 aromatic rings. The molecule has 3 heterocycles. The molecule has 5 heteroatoms. The Morgan fingerprint density at radius 2 is 1.09 bits per heavy atom. The Kier molecular flexibility index (Phi) is 6.23. The van der Waals surface area contributed by atoms with Gasteiger partial charge in [-0.15, -0.1) is 0 Å². The lowest BCUT2D eigenvalue weighted by molar-refractivity contribution is -0.236. The fourth-order valence-electron chi connectivity index (χ4n) is 7.28. The minimum atomic E-state index is -0.0874. The summed E-state index contributed by atoms with van der Waals surface area (Å²) >= 11 is 0. The molecule has 0 aromatic heterocycles. The van der Waals surface area contributed by atoms with Gasteiger partial charge >= 0.3 is 0 Å². The molecule has 3 saturated heterocycles. The van der Waals surface area contributed by atoms with E-state index in [-0.39, 0.29) is 22.3 Å². The molecule has 5 aromatic carbocycles. The Morgan fingerprint density at radius 3 is 1.60 bits per heavy atom. The standard InChI is InChI=1S/C38H38O5/c1-36(18-39-19-36)20-42-33-29-14-8-6-12-27(29)32(28-13-7-9-15-30(28)33)31-17-16-25-10-4-5-11-26(25)34(31)43-35(37(2)21-40-22-37)38(3)23-41-24-38/h4-17,35H,18-24H2,1-3H3. The molecule has 3 fully saturated rings. The highest BCUT2D eigenvalue weighted by Gasteiger charge is 2.55. The maximum Gasteiger partial charge on any atom is 0.135 e. The molecule has 0 bridgehead atoms. The van der Waals surface area contributed by atoms with E-state index in [1.165, 1.54) is 5.56 Å². The van der Waals surface area contributed by atoms with E-state index in [0.29, 0.717) is 33.0 Å². The monoisotopic (exact) mass is 574 g/mol. The molecule has 3 aliphatic rings. The van der Waals surface area contributed by atoms with E-state index in [1.54, 1.807) is 0 Å². The van der Waals surface area contributed by atoms with Crippen molar-refractivity contribution >= 4 is 32.3 Å². The van der Waals surface area contributed by atoms with Gasteiger partial charge in [0.25, 0.3) is 0 Å². The van der Waals surface area contributed by atoms with Crippen LogP contribution in [0.4, 0.5) is 0 Å². The zero-order valence-corrected chi connectivity index (χ0v) is 25.2. The predicted octanol–water partition coefficient (Wildman–Crippen LogP) is 8.05. The Morgan fingerprint density at radius 1 is 0.581 bits per heavy atom. The number of rotatable bonds is 8. The van der Waals surface area contributed by atoms with E-state index in [1.807, 2.05) is 0 Å². The second-order valence-corrected chi connectivity index (χ2v) is 13.8. The maximum absolute atomic E-state index is 7.36. The summed E-state index contributed by atoms with van der Waals surface area (Å²) in [4.78, 5) is 0. The van der Waals surface area contributed by atoms with Crippen LogP contribution in [0.2, 0.25) is 0 Å². The average Bonchev–Trinajstić information content (AvgIpc) is 2.99. The summed E-state index contributed by atoms with van der Waals surface area (Å²) in [5, 5.41) is 6.79. The van der Waals surface area contributed by atoms with Crippen LogP contribution in [0.5, 0.6) is 11.5 Å². The fourth-order valence-corrected chi connectivity index (χ4v) is 7.28. The van der Waals surface area contributed by atoms with Crippen molar-refractivity contribution in [1.82, 2.24) is 0 Å². The molecular weight excluding hydrogens is 536 g/mol. The van der Waals surface area contributed by atoms with E-state index in [2.05, 4.69) is 106 Å². The SMILES string of the molecule is CC1(COc2c3ccccc3c(-c3ccc4ccccc4c3OC(C3(C)COC3)C3(C)COC3)c3ccccc23)COC1. The molecule has 43 heavy (non-hydrogen) atoms. The van der Waals surface area contributed by atoms with E-state index in [4.69, 9.17) is 23.7 Å². The highest BCUT2D eigenvalue weighted by molar-refractivity contribution is 6.18. The van der Waals surface area contributed by atoms with Gasteiger partial charge in [-0.1, -0.05) is 99.6 Å². The number of fused-ring (bicyclic) bond motifs is 3. The van der Waals surface area contributed by atoms with Gasteiger partial charge in [0.15, 0.2) is 0 Å². The first-order chi connectivity index (χ1) is 20.9. The van der Waals surface area contributed by atoms with Gasteiger partial charge < -0.3 is 23.7 Å². The minimum absolute atomic E-state index is 0.0396. The molecule has 0 N–H and O–H groups in total. The van der Waals surface area contributed by atoms with Gasteiger partial charge in [-0.05, 0) is 22.2 Å². The van der Waals surface area contributed by atoms with Crippen molar-refractivity contribution in [2.24, 2.45) is 16.2 Å². The van der Waals surface area contributed by atoms with Crippen LogP contribution >= 0.6 is 0 Å². The predicted molar refractivity (Wildman–Crippen MR) is 171 cm³/mol. The lowest BCUT2D eigenvalue weighted by Crippen LogP contribution is -2.63. The molecular formula is C38H38O5. The molecule has 3 aliphatic heterocycles. The maximum atomic E-state index is 7.36. The van der Waals surface area contributed by atoms with Crippen molar-refractivity contribution in [3.05, 3.63) is 84.9 Å². The molecule has 0 unspecified atom stereocenters. The Balaban J connectivity index is 1.36. The Hall–Kier alpha value is -3.64. The first-order valence-corrected chi connectivity index (χ1v) is 15.4. The highest BCUT2D eigenvalue weighted by atomic mass is 16.5. The topological polar surface area (TPSA) is 46.2 Å². The Labute approximate surface area is 252 Å². The summed E-state index contributed by atoms with van der Waals surface area (Å²) in [7, 11) is 0. The second kappa shape index (κ2) is 9.95. The van der Waals surface area contributed by atoms with Gasteiger partial charge in [0, 0.05) is 32.7 Å². The third-order valence-electron chi connectivity index (χ3n) is 9.73. The smallest absolute Gasteiger partial charge is 0.135 e. The van der Waals surface area contributed by atoms with Crippen molar-refractivity contribution in [3.8, 4) is 22.6 Å². The van der Waals surface area contributed by atoms with Crippen molar-refractivity contribution in [1.29, 1.82) is 0 Å². The van der Waals surface area contributed by atoms with Crippen LogP contribution in [0.15, 0.2) is 84.9 Å². The lowest BCUT2D eigenvalue weighted by atomic mass is 9.67. The average molecular weight is 575 g/mol. The van der Waals surface area contributed by atoms with E-state index in [9.17, 15) is 0 Å². The van der Waals surface area contributed by atoms with Gasteiger partial charge in [-0.3, -0.25) is 0 Å². The van der Waals surface area contributed by atoms with E-state index >= 15 is 0 Å². The van der Waals surface area contributed by atoms with Gasteiger partial charge in [-0.25, -0.2) is 0 Å². The second-order valence-electron chi connectivity index (χ2n) is 13.8. The highest BCUT2D eigenvalue weighted by Crippen LogP contribution is 2.51. The molecule has 0 radical (unpaired) electrons. The zero-order chi connectivity index (χ0) is 29.2. The van der Waals surface area contributed by atoms with Crippen LogP contribution in [0.1, 0.15) is 20.8 Å².